The van der Waals surface area contributed by atoms with Crippen molar-refractivity contribution in [1.29, 1.82) is 0 Å². The van der Waals surface area contributed by atoms with Crippen molar-refractivity contribution >= 4 is 6.03 Å². The summed E-state index contributed by atoms with van der Waals surface area (Å²) in [6.45, 7) is 1.78. The number of hydrogen-bond acceptors (Lipinski definition) is 3. The lowest BCUT2D eigenvalue weighted by atomic mass is 10.3. The van der Waals surface area contributed by atoms with Gasteiger partial charge in [0.25, 0.3) is 0 Å². The average molecular weight is 221 g/mol. The summed E-state index contributed by atoms with van der Waals surface area (Å²) in [5.41, 5.74) is 0.848. The summed E-state index contributed by atoms with van der Waals surface area (Å²) in [5.74, 6) is 0. The van der Waals surface area contributed by atoms with E-state index in [0.29, 0.717) is 13.2 Å². The predicted molar refractivity (Wildman–Crippen MR) is 58.8 cm³/mol. The molecule has 86 valence electrons. The molecule has 1 unspecified atom stereocenters. The fourth-order valence-corrected chi connectivity index (χ4v) is 1.56. The zero-order valence-corrected chi connectivity index (χ0v) is 8.98. The maximum atomic E-state index is 11.5. The van der Waals surface area contributed by atoms with Gasteiger partial charge in [0.2, 0.25) is 0 Å². The van der Waals surface area contributed by atoms with E-state index in [-0.39, 0.29) is 12.1 Å². The molecule has 5 heteroatoms. The van der Waals surface area contributed by atoms with Crippen LogP contribution < -0.4 is 10.6 Å². The van der Waals surface area contributed by atoms with Crippen molar-refractivity contribution in [2.75, 3.05) is 13.2 Å². The Hall–Kier alpha value is -1.62. The molecule has 0 aliphatic carbocycles. The third kappa shape index (κ3) is 3.20. The summed E-state index contributed by atoms with van der Waals surface area (Å²) in [5, 5.41) is 5.60. The minimum absolute atomic E-state index is 0.142. The predicted octanol–water partition coefficient (Wildman–Crippen LogP) is 0.670. The van der Waals surface area contributed by atoms with Crippen LogP contribution in [-0.2, 0) is 11.3 Å². The molecule has 2 rings (SSSR count). The number of nitrogens with zero attached hydrogens (tertiary/aromatic N) is 1. The lowest BCUT2D eigenvalue weighted by molar-refractivity contribution is 0.188. The van der Waals surface area contributed by atoms with Gasteiger partial charge in [-0.05, 0) is 18.6 Å². The molecule has 1 saturated heterocycles. The van der Waals surface area contributed by atoms with Crippen LogP contribution in [0.5, 0.6) is 0 Å². The van der Waals surface area contributed by atoms with Crippen molar-refractivity contribution < 1.29 is 9.53 Å². The first kappa shape index (κ1) is 10.9. The molecule has 1 aliphatic heterocycles. The summed E-state index contributed by atoms with van der Waals surface area (Å²) in [6.07, 6.45) is 2.59. The summed E-state index contributed by atoms with van der Waals surface area (Å²) in [7, 11) is 0. The molecule has 2 amide bonds. The third-order valence-corrected chi connectivity index (χ3v) is 2.42. The lowest BCUT2D eigenvalue weighted by Gasteiger charge is -2.11. The maximum Gasteiger partial charge on any atom is 0.315 e. The molecule has 1 aliphatic rings. The van der Waals surface area contributed by atoms with Crippen LogP contribution in [0.3, 0.4) is 0 Å². The zero-order chi connectivity index (χ0) is 11.2. The van der Waals surface area contributed by atoms with Gasteiger partial charge in [-0.3, -0.25) is 4.98 Å². The van der Waals surface area contributed by atoms with Crippen molar-refractivity contribution in [2.45, 2.75) is 19.0 Å². The number of ether oxygens (including phenoxy) is 1. The van der Waals surface area contributed by atoms with Crippen molar-refractivity contribution in [3.8, 4) is 0 Å². The Labute approximate surface area is 94.2 Å². The molecule has 0 saturated carbocycles. The Balaban J connectivity index is 1.71. The Morgan fingerprint density at radius 2 is 2.50 bits per heavy atom. The van der Waals surface area contributed by atoms with Crippen LogP contribution in [0.25, 0.3) is 0 Å². The van der Waals surface area contributed by atoms with Crippen molar-refractivity contribution in [3.63, 3.8) is 0 Å². The van der Waals surface area contributed by atoms with Crippen LogP contribution in [0.4, 0.5) is 4.79 Å². The molecular weight excluding hydrogens is 206 g/mol. The van der Waals surface area contributed by atoms with E-state index in [1.165, 1.54) is 0 Å². The highest BCUT2D eigenvalue weighted by atomic mass is 16.5. The molecule has 16 heavy (non-hydrogen) atoms. The van der Waals surface area contributed by atoms with Gasteiger partial charge in [0.05, 0.1) is 24.9 Å². The van der Waals surface area contributed by atoms with Crippen LogP contribution in [0.15, 0.2) is 24.4 Å². The topological polar surface area (TPSA) is 63.2 Å². The van der Waals surface area contributed by atoms with Crippen molar-refractivity contribution in [2.24, 2.45) is 0 Å². The van der Waals surface area contributed by atoms with E-state index in [4.69, 9.17) is 4.74 Å². The fourth-order valence-electron chi connectivity index (χ4n) is 1.56. The third-order valence-electron chi connectivity index (χ3n) is 2.42. The minimum atomic E-state index is -0.166. The van der Waals surface area contributed by atoms with E-state index in [0.717, 1.165) is 18.7 Å². The second-order valence-corrected chi connectivity index (χ2v) is 3.71. The average Bonchev–Trinajstić information content (AvgIpc) is 2.81. The van der Waals surface area contributed by atoms with Gasteiger partial charge < -0.3 is 15.4 Å². The van der Waals surface area contributed by atoms with Gasteiger partial charge in [0.15, 0.2) is 0 Å². The first-order chi connectivity index (χ1) is 7.84. The number of rotatable bonds is 3. The number of nitrogens with one attached hydrogen (secondary N) is 2. The maximum absolute atomic E-state index is 11.5. The highest BCUT2D eigenvalue weighted by Crippen LogP contribution is 2.02. The number of pyridine rings is 1. The van der Waals surface area contributed by atoms with E-state index in [1.54, 1.807) is 6.20 Å². The van der Waals surface area contributed by atoms with Crippen molar-refractivity contribution in [3.05, 3.63) is 30.1 Å². The zero-order valence-electron chi connectivity index (χ0n) is 8.98. The van der Waals surface area contributed by atoms with Crippen molar-refractivity contribution in [1.82, 2.24) is 15.6 Å². The first-order valence-corrected chi connectivity index (χ1v) is 5.36. The number of hydrogen-bond donors (Lipinski definition) is 2. The molecule has 0 bridgehead atoms. The number of aromatic nitrogens is 1. The van der Waals surface area contributed by atoms with E-state index >= 15 is 0 Å². The first-order valence-electron chi connectivity index (χ1n) is 5.36. The molecule has 2 heterocycles. The molecule has 0 aromatic carbocycles. The number of carbonyl (C=O) groups excluding carboxylic acids is 1. The molecule has 1 aromatic rings. The number of urea groups is 1. The summed E-state index contributed by atoms with van der Waals surface area (Å²) >= 11 is 0. The van der Waals surface area contributed by atoms with Gasteiger partial charge in [0, 0.05) is 12.8 Å². The largest absolute Gasteiger partial charge is 0.379 e. The van der Waals surface area contributed by atoms with Gasteiger partial charge in [0.1, 0.15) is 0 Å². The molecule has 2 N–H and O–H groups in total. The van der Waals surface area contributed by atoms with Gasteiger partial charge >= 0.3 is 6.03 Å². The SMILES string of the molecule is O=C(NCc1ccccn1)NC1CCOC1. The molecule has 1 atom stereocenters. The molecule has 5 nitrogen and oxygen atoms in total. The van der Waals surface area contributed by atoms with Gasteiger partial charge in [-0.15, -0.1) is 0 Å². The molecule has 0 radical (unpaired) electrons. The highest BCUT2D eigenvalue weighted by molar-refractivity contribution is 5.74. The number of amides is 2. The van der Waals surface area contributed by atoms with E-state index in [9.17, 15) is 4.79 Å². The summed E-state index contributed by atoms with van der Waals surface area (Å²) in [6, 6.07) is 5.59. The van der Waals surface area contributed by atoms with Crippen LogP contribution in [-0.4, -0.2) is 30.3 Å². The Kier molecular flexibility index (Phi) is 3.71. The van der Waals surface area contributed by atoms with E-state index in [1.807, 2.05) is 18.2 Å². The highest BCUT2D eigenvalue weighted by Gasteiger charge is 2.17. The molecule has 1 fully saturated rings. The summed E-state index contributed by atoms with van der Waals surface area (Å²) < 4.78 is 5.17. The monoisotopic (exact) mass is 221 g/mol. The number of carbonyl (C=O) groups is 1. The van der Waals surface area contributed by atoms with Crippen LogP contribution in [0.2, 0.25) is 0 Å². The fraction of sp³-hybridized carbons (Fsp3) is 0.455. The normalized spacial score (nSPS) is 19.4. The van der Waals surface area contributed by atoms with Crippen LogP contribution in [0.1, 0.15) is 12.1 Å². The smallest absolute Gasteiger partial charge is 0.315 e. The second kappa shape index (κ2) is 5.46. The van der Waals surface area contributed by atoms with Crippen LogP contribution >= 0.6 is 0 Å². The quantitative estimate of drug-likeness (QED) is 0.788. The summed E-state index contributed by atoms with van der Waals surface area (Å²) in [4.78, 5) is 15.6. The molecule has 0 spiro atoms. The minimum Gasteiger partial charge on any atom is -0.379 e. The molecular formula is C11H15N3O2. The van der Waals surface area contributed by atoms with Gasteiger partial charge in [-0.1, -0.05) is 6.07 Å². The second-order valence-electron chi connectivity index (χ2n) is 3.71. The van der Waals surface area contributed by atoms with Gasteiger partial charge in [-0.2, -0.15) is 0 Å². The van der Waals surface area contributed by atoms with Gasteiger partial charge in [-0.25, -0.2) is 4.79 Å². The lowest BCUT2D eigenvalue weighted by Crippen LogP contribution is -2.42. The Morgan fingerprint density at radius 1 is 1.56 bits per heavy atom. The Bertz CT molecular complexity index is 336. The molecule has 1 aromatic heterocycles. The standard InChI is InChI=1S/C11H15N3O2/c15-11(14-10-4-6-16-8-10)13-7-9-3-1-2-5-12-9/h1-3,5,10H,4,6-8H2,(H2,13,14,15). The van der Waals surface area contributed by atoms with Crippen LogP contribution in [0, 0.1) is 0 Å². The van der Waals surface area contributed by atoms with E-state index in [2.05, 4.69) is 15.6 Å². The Morgan fingerprint density at radius 3 is 3.19 bits per heavy atom. The van der Waals surface area contributed by atoms with E-state index < -0.39 is 0 Å².